The van der Waals surface area contributed by atoms with Crippen LogP contribution in [-0.2, 0) is 4.79 Å². The number of nitrogens with one attached hydrogen (secondary N) is 1. The van der Waals surface area contributed by atoms with E-state index in [9.17, 15) is 4.79 Å². The predicted octanol–water partition coefficient (Wildman–Crippen LogP) is 2.97. The summed E-state index contributed by atoms with van der Waals surface area (Å²) in [6.07, 6.45) is 1.31. The summed E-state index contributed by atoms with van der Waals surface area (Å²) in [6, 6.07) is 7.58. The number of ether oxygens (including phenoxy) is 1. The van der Waals surface area contributed by atoms with Crippen LogP contribution >= 0.6 is 23.1 Å². The minimum atomic E-state index is -0.599. The Bertz CT molecular complexity index is 601. The van der Waals surface area contributed by atoms with Gasteiger partial charge in [-0.3, -0.25) is 10.1 Å². The lowest BCUT2D eigenvalue weighted by molar-refractivity contribution is -0.122. The third-order valence-electron chi connectivity index (χ3n) is 2.48. The minimum absolute atomic E-state index is 0.240. The van der Waals surface area contributed by atoms with Crippen molar-refractivity contribution in [2.24, 2.45) is 0 Å². The maximum Gasteiger partial charge on any atom is 0.266 e. The van der Waals surface area contributed by atoms with Crippen molar-refractivity contribution in [3.8, 4) is 5.75 Å². The van der Waals surface area contributed by atoms with Crippen LogP contribution in [0.2, 0.25) is 0 Å². The molecule has 1 amide bonds. The first-order valence-electron chi connectivity index (χ1n) is 6.00. The molecule has 1 aromatic carbocycles. The molecule has 0 bridgehead atoms. The van der Waals surface area contributed by atoms with Crippen molar-refractivity contribution in [3.05, 3.63) is 29.8 Å². The molecule has 2 aromatic rings. The number of carbonyl (C=O) groups excluding carboxylic acids is 1. The fourth-order valence-corrected chi connectivity index (χ4v) is 2.67. The summed E-state index contributed by atoms with van der Waals surface area (Å²) in [5.41, 5.74) is 1.09. The molecule has 1 N–H and O–H groups in total. The predicted molar refractivity (Wildman–Crippen MR) is 81.6 cm³/mol. The van der Waals surface area contributed by atoms with Crippen LogP contribution in [-0.4, -0.2) is 28.5 Å². The highest BCUT2D eigenvalue weighted by Gasteiger charge is 2.16. The third-order valence-corrected chi connectivity index (χ3v) is 4.30. The van der Waals surface area contributed by atoms with Gasteiger partial charge in [0.05, 0.1) is 0 Å². The van der Waals surface area contributed by atoms with E-state index in [1.54, 1.807) is 6.92 Å². The Morgan fingerprint density at radius 2 is 2.25 bits per heavy atom. The first kappa shape index (κ1) is 14.8. The number of aryl methyl sites for hydroxylation is 1. The maximum atomic E-state index is 12.0. The maximum absolute atomic E-state index is 12.0. The molecule has 0 unspecified atom stereocenters. The van der Waals surface area contributed by atoms with Gasteiger partial charge in [-0.2, -0.15) is 0 Å². The van der Waals surface area contributed by atoms with Crippen LogP contribution in [0.1, 0.15) is 12.5 Å². The number of hydrogen-bond acceptors (Lipinski definition) is 6. The van der Waals surface area contributed by atoms with Crippen LogP contribution in [0.25, 0.3) is 0 Å². The molecule has 1 heterocycles. The molecule has 106 valence electrons. The van der Waals surface area contributed by atoms with Gasteiger partial charge in [-0.15, -0.1) is 10.2 Å². The molecule has 1 atom stereocenters. The normalized spacial score (nSPS) is 11.9. The molecular weight excluding hydrogens is 294 g/mol. The number of carbonyl (C=O) groups is 1. The molecule has 0 aliphatic rings. The quantitative estimate of drug-likeness (QED) is 0.679. The van der Waals surface area contributed by atoms with Crippen molar-refractivity contribution < 1.29 is 9.53 Å². The van der Waals surface area contributed by atoms with Crippen LogP contribution in [0.15, 0.2) is 28.6 Å². The topological polar surface area (TPSA) is 64.1 Å². The van der Waals surface area contributed by atoms with Gasteiger partial charge in [0.25, 0.3) is 5.91 Å². The van der Waals surface area contributed by atoms with Gasteiger partial charge in [0.2, 0.25) is 5.13 Å². The number of benzene rings is 1. The van der Waals surface area contributed by atoms with Crippen molar-refractivity contribution >= 4 is 34.1 Å². The standard InChI is InChI=1S/C13H15N3O2S2/c1-8-5-4-6-10(7-8)18-9(2)11(17)14-12-15-16-13(19-3)20-12/h4-7,9H,1-3H3,(H,14,15,17)/t9-/m0/s1. The van der Waals surface area contributed by atoms with E-state index >= 15 is 0 Å². The average Bonchev–Trinajstić information content (AvgIpc) is 2.86. The van der Waals surface area contributed by atoms with E-state index in [0.29, 0.717) is 10.9 Å². The van der Waals surface area contributed by atoms with E-state index in [2.05, 4.69) is 15.5 Å². The molecule has 0 spiro atoms. The van der Waals surface area contributed by atoms with Crippen molar-refractivity contribution in [1.82, 2.24) is 10.2 Å². The minimum Gasteiger partial charge on any atom is -0.481 e. The van der Waals surface area contributed by atoms with Gasteiger partial charge in [0.15, 0.2) is 10.4 Å². The highest BCUT2D eigenvalue weighted by Crippen LogP contribution is 2.23. The zero-order valence-electron chi connectivity index (χ0n) is 11.4. The molecule has 0 saturated carbocycles. The first-order chi connectivity index (χ1) is 9.58. The molecule has 5 nitrogen and oxygen atoms in total. The summed E-state index contributed by atoms with van der Waals surface area (Å²) < 4.78 is 6.41. The summed E-state index contributed by atoms with van der Waals surface area (Å²) >= 11 is 2.83. The van der Waals surface area contributed by atoms with E-state index in [1.165, 1.54) is 23.1 Å². The monoisotopic (exact) mass is 309 g/mol. The van der Waals surface area contributed by atoms with Crippen molar-refractivity contribution in [3.63, 3.8) is 0 Å². The summed E-state index contributed by atoms with van der Waals surface area (Å²) in [4.78, 5) is 12.0. The largest absolute Gasteiger partial charge is 0.481 e. The van der Waals surface area contributed by atoms with E-state index in [-0.39, 0.29) is 5.91 Å². The summed E-state index contributed by atoms with van der Waals surface area (Å²) in [6.45, 7) is 3.68. The first-order valence-corrected chi connectivity index (χ1v) is 8.04. The molecule has 0 aliphatic heterocycles. The second kappa shape index (κ2) is 6.71. The number of nitrogens with zero attached hydrogens (tertiary/aromatic N) is 2. The fraction of sp³-hybridized carbons (Fsp3) is 0.308. The number of amides is 1. The molecule has 0 radical (unpaired) electrons. The van der Waals surface area contributed by atoms with Crippen molar-refractivity contribution in [2.45, 2.75) is 24.3 Å². The number of thioether (sulfide) groups is 1. The zero-order valence-corrected chi connectivity index (χ0v) is 13.0. The average molecular weight is 309 g/mol. The van der Waals surface area contributed by atoms with Gasteiger partial charge in [0.1, 0.15) is 5.75 Å². The molecule has 7 heteroatoms. The van der Waals surface area contributed by atoms with Crippen LogP contribution in [0, 0.1) is 6.92 Å². The summed E-state index contributed by atoms with van der Waals surface area (Å²) in [7, 11) is 0. The summed E-state index contributed by atoms with van der Waals surface area (Å²) in [5, 5.41) is 11.0. The highest BCUT2D eigenvalue weighted by molar-refractivity contribution is 8.00. The van der Waals surface area contributed by atoms with Crippen LogP contribution in [0.4, 0.5) is 5.13 Å². The Morgan fingerprint density at radius 1 is 1.45 bits per heavy atom. The van der Waals surface area contributed by atoms with Crippen LogP contribution < -0.4 is 10.1 Å². The number of rotatable bonds is 5. The molecule has 20 heavy (non-hydrogen) atoms. The Hall–Kier alpha value is -1.60. The molecule has 1 aromatic heterocycles. The third kappa shape index (κ3) is 3.94. The lowest BCUT2D eigenvalue weighted by atomic mass is 10.2. The number of anilines is 1. The lowest BCUT2D eigenvalue weighted by Gasteiger charge is -2.13. The molecule has 0 fully saturated rings. The molecule has 0 saturated heterocycles. The van der Waals surface area contributed by atoms with Gasteiger partial charge < -0.3 is 4.74 Å². The van der Waals surface area contributed by atoms with E-state index in [4.69, 9.17) is 4.74 Å². The van der Waals surface area contributed by atoms with Gasteiger partial charge in [-0.25, -0.2) is 0 Å². The Kier molecular flexibility index (Phi) is 4.97. The lowest BCUT2D eigenvalue weighted by Crippen LogP contribution is -2.30. The van der Waals surface area contributed by atoms with Crippen molar-refractivity contribution in [1.29, 1.82) is 0 Å². The van der Waals surface area contributed by atoms with E-state index in [1.807, 2.05) is 37.4 Å². The highest BCUT2D eigenvalue weighted by atomic mass is 32.2. The fourth-order valence-electron chi connectivity index (χ4n) is 1.50. The number of hydrogen-bond donors (Lipinski definition) is 1. The Balaban J connectivity index is 1.95. The Morgan fingerprint density at radius 3 is 2.90 bits per heavy atom. The molecule has 0 aliphatic carbocycles. The van der Waals surface area contributed by atoms with Crippen LogP contribution in [0.3, 0.4) is 0 Å². The molecule has 2 rings (SSSR count). The Labute approximate surface area is 125 Å². The van der Waals surface area contributed by atoms with E-state index < -0.39 is 6.10 Å². The summed E-state index contributed by atoms with van der Waals surface area (Å²) in [5.74, 6) is 0.435. The smallest absolute Gasteiger partial charge is 0.266 e. The van der Waals surface area contributed by atoms with Gasteiger partial charge in [-0.1, -0.05) is 35.2 Å². The van der Waals surface area contributed by atoms with Gasteiger partial charge in [-0.05, 0) is 37.8 Å². The van der Waals surface area contributed by atoms with Crippen LogP contribution in [0.5, 0.6) is 5.75 Å². The second-order valence-electron chi connectivity index (χ2n) is 4.14. The second-order valence-corrected chi connectivity index (χ2v) is 6.17. The van der Waals surface area contributed by atoms with Gasteiger partial charge in [0, 0.05) is 0 Å². The zero-order chi connectivity index (χ0) is 14.5. The van der Waals surface area contributed by atoms with E-state index in [0.717, 1.165) is 9.90 Å². The van der Waals surface area contributed by atoms with Crippen molar-refractivity contribution in [2.75, 3.05) is 11.6 Å². The van der Waals surface area contributed by atoms with Gasteiger partial charge >= 0.3 is 0 Å². The number of aromatic nitrogens is 2. The molecular formula is C13H15N3O2S2. The SMILES string of the molecule is CSc1nnc(NC(=O)[C@H](C)Oc2cccc(C)c2)s1.